The van der Waals surface area contributed by atoms with Crippen LogP contribution < -0.4 is 0 Å². The molecular formula is C69H84N8O16. The monoisotopic (exact) mass is 1280 g/mol. The molecule has 24 heteroatoms. The van der Waals surface area contributed by atoms with Gasteiger partial charge in [0.2, 0.25) is 0 Å². The number of hydrogen-bond donors (Lipinski definition) is 4. The largest absolute Gasteiger partial charge is 0.478 e. The quantitative estimate of drug-likeness (QED) is 0.0290. The molecule has 8 rings (SSSR count). The number of allylic oxidation sites excluding steroid dienone is 4. The lowest BCUT2D eigenvalue weighted by Gasteiger charge is -2.38. The second kappa shape index (κ2) is 28.0. The van der Waals surface area contributed by atoms with Crippen LogP contribution in [0, 0.1) is 62.9 Å². The van der Waals surface area contributed by atoms with Crippen LogP contribution in [0.5, 0.6) is 0 Å². The number of carboxylic acids is 4. The second-order valence-corrected chi connectivity index (χ2v) is 29.0. The van der Waals surface area contributed by atoms with E-state index in [1.54, 1.807) is 0 Å². The number of carboxylic acid groups (broad SMARTS) is 4. The minimum atomic E-state index is -2.44. The number of esters is 4. The summed E-state index contributed by atoms with van der Waals surface area (Å²) >= 11 is 0. The first-order chi connectivity index (χ1) is 43.8. The summed E-state index contributed by atoms with van der Waals surface area (Å²) in [5.74, 6) is -11.4. The lowest BCUT2D eigenvalue weighted by Crippen LogP contribution is -2.44. The average Bonchev–Trinajstić information content (AvgIpc) is 1.61. The van der Waals surface area contributed by atoms with E-state index in [2.05, 4.69) is 9.69 Å². The van der Waals surface area contributed by atoms with Gasteiger partial charge in [-0.25, -0.2) is 38.5 Å². The van der Waals surface area contributed by atoms with Gasteiger partial charge in [-0.3, -0.25) is 9.59 Å². The van der Waals surface area contributed by atoms with Gasteiger partial charge in [0.15, 0.2) is 0 Å². The highest BCUT2D eigenvalue weighted by molar-refractivity contribution is 6.03. The molecule has 93 heavy (non-hydrogen) atoms. The summed E-state index contributed by atoms with van der Waals surface area (Å²) in [6.45, 7) is 31.1. The molecule has 0 amide bonds. The number of nitriles is 2. The Morgan fingerprint density at radius 2 is 0.613 bits per heavy atom. The van der Waals surface area contributed by atoms with Crippen LogP contribution in [0.4, 0.5) is 0 Å². The Hall–Kier alpha value is -9.16. The van der Waals surface area contributed by atoms with E-state index in [1.807, 2.05) is 87.1 Å². The van der Waals surface area contributed by atoms with Gasteiger partial charge in [-0.05, 0) is 147 Å². The fraction of sp³-hybridized carbons (Fsp3) is 0.594. The Bertz CT molecular complexity index is 3140. The predicted molar refractivity (Wildman–Crippen MR) is 333 cm³/mol. The first-order valence-corrected chi connectivity index (χ1v) is 31.8. The zero-order valence-electron chi connectivity index (χ0n) is 54.6. The van der Waals surface area contributed by atoms with E-state index < -0.39 is 124 Å². The number of rotatable bonds is 20. The minimum absolute atomic E-state index is 0.0861. The molecular weight excluding hydrogens is 1200 g/mol. The number of likely N-dealkylation sites (tertiary alicyclic amines) is 4. The third-order valence-corrected chi connectivity index (χ3v) is 18.8. The molecule has 0 aromatic heterocycles. The summed E-state index contributed by atoms with van der Waals surface area (Å²) < 4.78 is 24.0. The molecule has 8 aliphatic rings. The smallest absolute Gasteiger partial charge is 0.349 e. The number of ether oxygens (including phenoxy) is 4. The van der Waals surface area contributed by atoms with Gasteiger partial charge in [-0.2, -0.15) is 10.5 Å². The maximum absolute atomic E-state index is 14.9. The van der Waals surface area contributed by atoms with Crippen LogP contribution in [0.3, 0.4) is 0 Å². The number of carbonyl (C=O) groups excluding carboxylic acids is 4. The van der Waals surface area contributed by atoms with Gasteiger partial charge in [-0.1, -0.05) is 55.4 Å². The number of carbonyl (C=O) groups is 8. The van der Waals surface area contributed by atoms with Crippen molar-refractivity contribution in [1.29, 1.82) is 10.5 Å². The molecule has 4 fully saturated rings. The van der Waals surface area contributed by atoms with E-state index in [9.17, 15) is 69.3 Å². The topological polar surface area (TPSA) is 324 Å². The van der Waals surface area contributed by atoms with Crippen molar-refractivity contribution in [2.75, 3.05) is 78.8 Å². The first-order valence-electron chi connectivity index (χ1n) is 31.8. The lowest BCUT2D eigenvalue weighted by molar-refractivity contribution is -0.165. The van der Waals surface area contributed by atoms with E-state index >= 15 is 0 Å². The summed E-state index contributed by atoms with van der Waals surface area (Å²) in [5, 5.41) is 65.3. The Labute approximate surface area is 542 Å². The highest BCUT2D eigenvalue weighted by Gasteiger charge is 2.47. The van der Waals surface area contributed by atoms with Crippen molar-refractivity contribution in [1.82, 2.24) is 19.6 Å². The SMILES string of the molecule is [C-]#[N+]/C(C(=O)OCC(COC(=O)/C(C#N)=C1\CC(C)(C)CC(N2CCCC2)=C1C(=O)O)(COC(=O)/C(C#N)=C1\CC(C)(C)CC(N2CCCC2)=C1C(=O)O)COC(=O)/C([N+]#[C-])=C1/CC(C)(C)CC(N2CCCC2)=C1C(=O)O)=C1/CC(C)(C)CC(N2CCCC2)=C1C(=O)O. The van der Waals surface area contributed by atoms with Crippen molar-refractivity contribution < 1.29 is 77.7 Å². The zero-order valence-corrected chi connectivity index (χ0v) is 54.6. The molecule has 4 N–H and O–H groups in total. The average molecular weight is 1280 g/mol. The molecule has 0 aromatic rings. The zero-order chi connectivity index (χ0) is 68.1. The Kier molecular flexibility index (Phi) is 21.0. The van der Waals surface area contributed by atoms with E-state index in [0.717, 1.165) is 51.4 Å². The van der Waals surface area contributed by atoms with E-state index in [4.69, 9.17) is 32.1 Å². The van der Waals surface area contributed by atoms with E-state index in [0.29, 0.717) is 75.1 Å². The molecule has 0 atom stereocenters. The normalized spacial score (nSPS) is 23.3. The van der Waals surface area contributed by atoms with Crippen molar-refractivity contribution in [3.8, 4) is 12.1 Å². The maximum atomic E-state index is 14.9. The van der Waals surface area contributed by atoms with Crippen LogP contribution in [0.1, 0.15) is 158 Å². The summed E-state index contributed by atoms with van der Waals surface area (Å²) in [6.07, 6.45) is 6.91. The van der Waals surface area contributed by atoms with Gasteiger partial charge < -0.3 is 59.0 Å². The van der Waals surface area contributed by atoms with Crippen LogP contribution >= 0.6 is 0 Å². The third-order valence-electron chi connectivity index (χ3n) is 18.8. The molecule has 0 spiro atoms. The Morgan fingerprint density at radius 3 is 0.828 bits per heavy atom. The van der Waals surface area contributed by atoms with Gasteiger partial charge in [-0.15, -0.1) is 0 Å². The van der Waals surface area contributed by atoms with Gasteiger partial charge in [0.05, 0.1) is 35.4 Å². The molecule has 4 aliphatic heterocycles. The fourth-order valence-electron chi connectivity index (χ4n) is 14.6. The van der Waals surface area contributed by atoms with Crippen molar-refractivity contribution in [2.24, 2.45) is 27.1 Å². The highest BCUT2D eigenvalue weighted by Crippen LogP contribution is 2.50. The van der Waals surface area contributed by atoms with Crippen LogP contribution in [-0.4, -0.2) is 167 Å². The first kappa shape index (κ1) is 69.7. The third kappa shape index (κ3) is 15.5. The van der Waals surface area contributed by atoms with Crippen molar-refractivity contribution >= 4 is 47.8 Å². The molecule has 0 unspecified atom stereocenters. The van der Waals surface area contributed by atoms with Crippen LogP contribution in [0.2, 0.25) is 0 Å². The fourth-order valence-corrected chi connectivity index (χ4v) is 14.6. The Balaban J connectivity index is 1.30. The number of nitrogens with zero attached hydrogens (tertiary/aromatic N) is 8. The van der Waals surface area contributed by atoms with Gasteiger partial charge in [0.1, 0.15) is 55.1 Å². The summed E-state index contributed by atoms with van der Waals surface area (Å²) in [4.78, 5) is 128. The number of aliphatic carboxylic acids is 4. The standard InChI is InChI=1S/C69H84N8O16/c1-65(2)27-41(51(57(78)79)47(31-65)74-19-11-12-20-74)45(35-70)61(86)90-37-69(38-91-62(87)46(36-71)42-28-66(3,4)32-48(52(42)58(80)81)75-21-13-14-22-75,39-92-63(88)55(72-9)43-29-67(5,6)33-49(53(43)59(82)83)76-23-15-16-24-76)40-93-64(89)56(73-10)44-30-68(7,8)34-50(54(44)60(84)85)77-25-17-18-26-77/h11-34,37-40H2,1-8H3,(H,78,79)(H,80,81)(H,82,83)(H,84,85)/b45-41+,46-42+,55-43-,56-44+. The second-order valence-electron chi connectivity index (χ2n) is 29.0. The van der Waals surface area contributed by atoms with Gasteiger partial charge in [0, 0.05) is 75.1 Å². The highest BCUT2D eigenvalue weighted by atomic mass is 16.6. The summed E-state index contributed by atoms with van der Waals surface area (Å²) in [6, 6.07) is 3.69. The van der Waals surface area contributed by atoms with Crippen molar-refractivity contribution in [3.05, 3.63) is 113 Å². The molecule has 0 aromatic carbocycles. The molecule has 4 heterocycles. The van der Waals surface area contributed by atoms with Crippen molar-refractivity contribution in [2.45, 2.75) is 158 Å². The summed E-state index contributed by atoms with van der Waals surface area (Å²) in [7, 11) is 0. The molecule has 496 valence electrons. The van der Waals surface area contributed by atoms with Crippen molar-refractivity contribution in [3.63, 3.8) is 0 Å². The van der Waals surface area contributed by atoms with Gasteiger partial charge in [0.25, 0.3) is 11.4 Å². The molecule has 0 radical (unpaired) electrons. The predicted octanol–water partition coefficient (Wildman–Crippen LogP) is 9.15. The van der Waals surface area contributed by atoms with Crippen LogP contribution in [-0.2, 0) is 57.3 Å². The molecule has 24 nitrogen and oxygen atoms in total. The van der Waals surface area contributed by atoms with Crippen LogP contribution in [0.25, 0.3) is 9.69 Å². The molecule has 0 bridgehead atoms. The maximum Gasteiger partial charge on any atom is 0.349 e. The number of hydrogen-bond acceptors (Lipinski definition) is 18. The van der Waals surface area contributed by atoms with Crippen LogP contribution in [0.15, 0.2) is 89.9 Å². The molecule has 4 saturated heterocycles. The molecule has 4 aliphatic carbocycles. The minimum Gasteiger partial charge on any atom is -0.478 e. The Morgan fingerprint density at radius 1 is 0.398 bits per heavy atom. The molecule has 0 saturated carbocycles. The lowest BCUT2D eigenvalue weighted by atomic mass is 9.72. The summed E-state index contributed by atoms with van der Waals surface area (Å²) in [5.41, 5.74) is -8.31. The van der Waals surface area contributed by atoms with Gasteiger partial charge >= 0.3 is 47.8 Å². The van der Waals surface area contributed by atoms with E-state index in [1.165, 1.54) is 0 Å². The van der Waals surface area contributed by atoms with E-state index in [-0.39, 0.29) is 96.0 Å².